The number of benzene rings is 2. The first kappa shape index (κ1) is 47.0. The molecule has 69 heavy (non-hydrogen) atoms. The van der Waals surface area contributed by atoms with E-state index in [9.17, 15) is 19.8 Å². The van der Waals surface area contributed by atoms with Crippen molar-refractivity contribution in [1.82, 2.24) is 45.3 Å². The summed E-state index contributed by atoms with van der Waals surface area (Å²) >= 11 is 1.60. The van der Waals surface area contributed by atoms with E-state index in [-0.39, 0.29) is 42.5 Å². The van der Waals surface area contributed by atoms with Crippen molar-refractivity contribution in [2.75, 3.05) is 82.3 Å². The summed E-state index contributed by atoms with van der Waals surface area (Å²) in [5, 5.41) is 40.9. The molecule has 18 heteroatoms. The fourth-order valence-electron chi connectivity index (χ4n) is 11.3. The van der Waals surface area contributed by atoms with Crippen LogP contribution in [0.15, 0.2) is 70.7 Å². The van der Waals surface area contributed by atoms with Gasteiger partial charge >= 0.3 is 0 Å². The van der Waals surface area contributed by atoms with Gasteiger partial charge in [-0.1, -0.05) is 50.2 Å². The zero-order valence-corrected chi connectivity index (χ0v) is 40.9. The number of piperidine rings is 1. The highest BCUT2D eigenvalue weighted by Gasteiger charge is 2.44. The first-order valence-electron chi connectivity index (χ1n) is 24.7. The molecule has 0 spiro atoms. The number of aliphatic hydroxyl groups excluding tert-OH is 1. The van der Waals surface area contributed by atoms with E-state index in [2.05, 4.69) is 56.6 Å². The first-order valence-corrected chi connectivity index (χ1v) is 25.6. The molecule has 8 heterocycles. The fraction of sp³-hybridized carbons (Fsp3) is 0.529. The zero-order valence-electron chi connectivity index (χ0n) is 40.0. The Labute approximate surface area is 407 Å². The lowest BCUT2D eigenvalue weighted by Gasteiger charge is -2.49. The van der Waals surface area contributed by atoms with Crippen molar-refractivity contribution in [2.45, 2.75) is 95.6 Å². The second-order valence-electron chi connectivity index (χ2n) is 19.9. The number of ether oxygens (including phenoxy) is 1. The minimum absolute atomic E-state index is 0.0664. The average molecular weight is 960 g/mol. The van der Waals surface area contributed by atoms with Gasteiger partial charge in [0.15, 0.2) is 11.6 Å². The Morgan fingerprint density at radius 2 is 1.72 bits per heavy atom. The molecule has 3 aromatic heterocycles. The summed E-state index contributed by atoms with van der Waals surface area (Å²) in [6, 6.07) is 19.5. The molecule has 6 atom stereocenters. The second-order valence-corrected chi connectivity index (χ2v) is 20.7. The number of carbonyl (C=O) groups excluding carboxylic acids is 2. The van der Waals surface area contributed by atoms with Gasteiger partial charge < -0.3 is 39.9 Å². The van der Waals surface area contributed by atoms with Crippen molar-refractivity contribution in [3.8, 4) is 33.3 Å². The molecule has 4 N–H and O–H groups in total. The highest BCUT2D eigenvalue weighted by Crippen LogP contribution is 2.38. The van der Waals surface area contributed by atoms with Gasteiger partial charge in [-0.25, -0.2) is 4.98 Å². The van der Waals surface area contributed by atoms with Crippen LogP contribution in [0.5, 0.6) is 11.6 Å². The number of nitrogens with one attached hydrogen (secondary N) is 2. The van der Waals surface area contributed by atoms with Crippen LogP contribution in [-0.2, 0) is 9.59 Å². The number of aliphatic hydroxyl groups is 1. The van der Waals surface area contributed by atoms with Crippen LogP contribution in [-0.4, -0.2) is 164 Å². The first-order chi connectivity index (χ1) is 33.5. The smallest absolute Gasteiger partial charge is 0.254 e. The predicted molar refractivity (Wildman–Crippen MR) is 264 cm³/mol. The highest BCUT2D eigenvalue weighted by molar-refractivity contribution is 7.13. The van der Waals surface area contributed by atoms with E-state index in [1.54, 1.807) is 23.5 Å². The average Bonchev–Trinajstić information content (AvgIpc) is 4.20. The van der Waals surface area contributed by atoms with E-state index in [0.29, 0.717) is 47.6 Å². The third-order valence-electron chi connectivity index (χ3n) is 15.1. The number of likely N-dealkylation sites (tertiary alicyclic amines) is 3. The maximum absolute atomic E-state index is 14.3. The van der Waals surface area contributed by atoms with Crippen LogP contribution in [0.25, 0.3) is 21.7 Å². The quantitative estimate of drug-likeness (QED) is 0.111. The number of para-hydroxylation sites is 1. The topological polar surface area (TPSA) is 189 Å². The number of hydrogen-bond acceptors (Lipinski definition) is 16. The number of anilines is 2. The van der Waals surface area contributed by atoms with Crippen molar-refractivity contribution in [3.63, 3.8) is 0 Å². The lowest BCUT2D eigenvalue weighted by atomic mass is 9.91. The van der Waals surface area contributed by atoms with E-state index in [1.165, 1.54) is 17.7 Å². The normalized spacial score (nSPS) is 23.4. The molecule has 5 aromatic rings. The Morgan fingerprint density at radius 3 is 2.49 bits per heavy atom. The van der Waals surface area contributed by atoms with Crippen LogP contribution in [0.3, 0.4) is 0 Å². The number of fused-ring (bicyclic) bond motifs is 3. The molecule has 0 saturated carbocycles. The standard InChI is InChI=1S/C51H65N11O6S/c1-31(2)47(51(66)62-29-39(63)23-43(62)50(65)54-32(3)34-9-11-35(12-10-34)48-33(4)53-30-69-48)45-25-46(57-68-45)67-22-21-58-16-13-37(27-58)59-17-14-36(15-18-59)60-19-20-61-38(28-60)26-52-49-42(61)24-41(55-56-49)40-7-5-6-8-44(40)64/h5-12,24-25,30-32,36-39,43,47,63-64H,13-23,26-29H2,1-4H3,(H,52,56)(H,54,65)/t32-,37+,38+,39+,43-,47+/m0/s1. The molecule has 10 rings (SSSR count). The van der Waals surface area contributed by atoms with Crippen LogP contribution < -0.4 is 20.3 Å². The number of phenolic OH excluding ortho intramolecular Hbond substituents is 1. The summed E-state index contributed by atoms with van der Waals surface area (Å²) in [5.41, 5.74) is 7.28. The van der Waals surface area contributed by atoms with Crippen LogP contribution in [0.4, 0.5) is 11.5 Å². The van der Waals surface area contributed by atoms with Gasteiger partial charge in [0.25, 0.3) is 5.88 Å². The molecule has 4 fully saturated rings. The number of β-amino-alcohol motifs (C(OH)–C–C–N with tert-alkyl or cyclic N) is 1. The van der Waals surface area contributed by atoms with Crippen molar-refractivity contribution in [3.05, 3.63) is 83.2 Å². The van der Waals surface area contributed by atoms with E-state index in [4.69, 9.17) is 9.26 Å². The van der Waals surface area contributed by atoms with Gasteiger partial charge in [0, 0.05) is 75.9 Å². The molecule has 366 valence electrons. The van der Waals surface area contributed by atoms with Gasteiger partial charge in [-0.15, -0.1) is 21.5 Å². The van der Waals surface area contributed by atoms with Crippen molar-refractivity contribution >= 4 is 34.7 Å². The third-order valence-corrected chi connectivity index (χ3v) is 16.1. The molecule has 2 aromatic carbocycles. The molecule has 2 amide bonds. The predicted octanol–water partition coefficient (Wildman–Crippen LogP) is 5.38. The minimum atomic E-state index is -0.816. The number of aromatic hydroxyl groups is 1. The monoisotopic (exact) mass is 959 g/mol. The maximum atomic E-state index is 14.3. The number of phenols is 1. The Hall–Kier alpha value is -5.66. The zero-order chi connectivity index (χ0) is 47.8. The Morgan fingerprint density at radius 1 is 0.928 bits per heavy atom. The van der Waals surface area contributed by atoms with Gasteiger partial charge in [-0.05, 0) is 93.1 Å². The molecule has 5 aliphatic heterocycles. The summed E-state index contributed by atoms with van der Waals surface area (Å²) in [5.74, 6) is 0.299. The number of hydrogen-bond donors (Lipinski definition) is 4. The number of nitrogens with zero attached hydrogens (tertiary/aromatic N) is 9. The Balaban J connectivity index is 0.669. The maximum Gasteiger partial charge on any atom is 0.254 e. The summed E-state index contributed by atoms with van der Waals surface area (Å²) < 4.78 is 11.9. The van der Waals surface area contributed by atoms with Crippen LogP contribution in [0.1, 0.15) is 75.4 Å². The molecule has 0 aliphatic carbocycles. The molecular formula is C51H65N11O6S. The number of aromatic nitrogens is 4. The number of piperazine rings is 1. The van der Waals surface area contributed by atoms with Crippen LogP contribution >= 0.6 is 11.3 Å². The summed E-state index contributed by atoms with van der Waals surface area (Å²) in [4.78, 5) is 45.3. The molecule has 4 saturated heterocycles. The second kappa shape index (κ2) is 20.4. The van der Waals surface area contributed by atoms with Crippen molar-refractivity contribution in [1.29, 1.82) is 0 Å². The van der Waals surface area contributed by atoms with E-state index in [0.717, 1.165) is 98.5 Å². The number of amides is 2. The Kier molecular flexibility index (Phi) is 13.9. The van der Waals surface area contributed by atoms with Crippen molar-refractivity contribution in [2.24, 2.45) is 5.92 Å². The van der Waals surface area contributed by atoms with Gasteiger partial charge in [0.1, 0.15) is 24.3 Å². The molecule has 0 radical (unpaired) electrons. The van der Waals surface area contributed by atoms with Gasteiger partial charge in [0.2, 0.25) is 11.8 Å². The number of rotatable bonds is 14. The SMILES string of the molecule is Cc1ncsc1-c1ccc([C@H](C)NC(=O)[C@@H]2C[C@@H](O)CN2C(=O)[C@@H](c2cc(OCCN3CC[C@@H](N4CCC(N5CCN6c7cc(-c8ccccc8O)nnc7NC[C@@H]6C5)CC4)C3)no2)C(C)C)cc1. The lowest BCUT2D eigenvalue weighted by molar-refractivity contribution is -0.141. The van der Waals surface area contributed by atoms with E-state index in [1.807, 2.05) is 75.7 Å². The molecule has 5 aliphatic rings. The minimum Gasteiger partial charge on any atom is -0.507 e. The van der Waals surface area contributed by atoms with Crippen molar-refractivity contribution < 1.29 is 29.1 Å². The summed E-state index contributed by atoms with van der Waals surface area (Å²) in [6.45, 7) is 17.1. The molecule has 0 unspecified atom stereocenters. The largest absolute Gasteiger partial charge is 0.507 e. The van der Waals surface area contributed by atoms with Gasteiger partial charge in [-0.3, -0.25) is 24.3 Å². The lowest BCUT2D eigenvalue weighted by Crippen LogP contribution is -2.61. The van der Waals surface area contributed by atoms with Gasteiger partial charge in [-0.2, -0.15) is 0 Å². The van der Waals surface area contributed by atoms with E-state index < -0.39 is 18.1 Å². The summed E-state index contributed by atoms with van der Waals surface area (Å²) in [6.07, 6.45) is 2.82. The fourth-order valence-corrected chi connectivity index (χ4v) is 12.1. The third kappa shape index (κ3) is 10.0. The van der Waals surface area contributed by atoms with Crippen LogP contribution in [0.2, 0.25) is 0 Å². The molecule has 0 bridgehead atoms. The summed E-state index contributed by atoms with van der Waals surface area (Å²) in [7, 11) is 0. The highest BCUT2D eigenvalue weighted by atomic mass is 32.1. The van der Waals surface area contributed by atoms with E-state index >= 15 is 0 Å². The molecule has 17 nitrogen and oxygen atoms in total. The number of thiazole rings is 1. The van der Waals surface area contributed by atoms with Gasteiger partial charge in [0.05, 0.1) is 45.7 Å². The molecular weight excluding hydrogens is 895 g/mol. The number of aryl methyl sites for hydroxylation is 1. The number of carbonyl (C=O) groups is 2. The Bertz CT molecular complexity index is 2580. The van der Waals surface area contributed by atoms with Crippen LogP contribution in [0, 0.1) is 12.8 Å².